The molecule has 0 amide bonds. The largest absolute Gasteiger partial charge is 0.507 e. The van der Waals surface area contributed by atoms with Crippen LogP contribution in [0.4, 0.5) is 0 Å². The average molecular weight is 1020 g/mol. The predicted molar refractivity (Wildman–Crippen MR) is 294 cm³/mol. The fourth-order valence-corrected chi connectivity index (χ4v) is 8.75. The summed E-state index contributed by atoms with van der Waals surface area (Å²) in [6.45, 7) is 8.61. The fourth-order valence-electron chi connectivity index (χ4n) is 8.75. The van der Waals surface area contributed by atoms with Crippen LogP contribution in [0.5, 0.6) is 23.0 Å². The predicted octanol–water partition coefficient (Wildman–Crippen LogP) is 13.1. The summed E-state index contributed by atoms with van der Waals surface area (Å²) >= 11 is 0. The average Bonchev–Trinajstić information content (AvgIpc) is 3.42. The second kappa shape index (κ2) is 26.6. The zero-order valence-electron chi connectivity index (χ0n) is 43.6. The molecule has 8 rings (SSSR count). The Labute approximate surface area is 444 Å². The minimum atomic E-state index is -0.268. The van der Waals surface area contributed by atoms with Gasteiger partial charge in [0.05, 0.1) is 11.1 Å². The van der Waals surface area contributed by atoms with E-state index in [0.717, 1.165) is 95.9 Å². The first-order chi connectivity index (χ1) is 37.0. The molecule has 0 aliphatic rings. The molecule has 0 fully saturated rings. The van der Waals surface area contributed by atoms with E-state index < -0.39 is 0 Å². The van der Waals surface area contributed by atoms with Crippen LogP contribution in [-0.4, -0.2) is 78.5 Å². The van der Waals surface area contributed by atoms with Crippen molar-refractivity contribution in [1.82, 2.24) is 29.9 Å². The van der Waals surface area contributed by atoms with E-state index in [1.54, 1.807) is 24.3 Å². The van der Waals surface area contributed by atoms with Crippen LogP contribution in [0.2, 0.25) is 0 Å². The van der Waals surface area contributed by atoms with Crippen LogP contribution in [0.1, 0.15) is 86.5 Å². The highest BCUT2D eigenvalue weighted by atomic mass is 16.6. The van der Waals surface area contributed by atoms with E-state index in [2.05, 4.69) is 22.1 Å². The van der Waals surface area contributed by atoms with E-state index in [1.807, 2.05) is 113 Å². The summed E-state index contributed by atoms with van der Waals surface area (Å²) in [4.78, 5) is 53.4. The van der Waals surface area contributed by atoms with Crippen molar-refractivity contribution < 1.29 is 38.7 Å². The van der Waals surface area contributed by atoms with Crippen molar-refractivity contribution in [3.8, 4) is 91.3 Å². The number of rotatable bonds is 25. The van der Waals surface area contributed by atoms with Crippen LogP contribution in [-0.2, 0) is 19.1 Å². The minimum absolute atomic E-state index is 0.0449. The van der Waals surface area contributed by atoms with E-state index in [4.69, 9.17) is 38.9 Å². The Morgan fingerprint density at radius 1 is 0.382 bits per heavy atom. The van der Waals surface area contributed by atoms with Gasteiger partial charge in [-0.2, -0.15) is 0 Å². The maximum absolute atomic E-state index is 12.4. The van der Waals surface area contributed by atoms with E-state index >= 15 is 0 Å². The zero-order chi connectivity index (χ0) is 53.2. The van der Waals surface area contributed by atoms with E-state index in [-0.39, 0.29) is 49.9 Å². The van der Waals surface area contributed by atoms with Gasteiger partial charge in [-0.15, -0.1) is 0 Å². The monoisotopic (exact) mass is 1020 g/mol. The molecule has 2 aromatic heterocycles. The molecule has 0 aliphatic heterocycles. The van der Waals surface area contributed by atoms with Crippen molar-refractivity contribution in [2.75, 3.05) is 26.4 Å². The standard InChI is InChI=1S/C62H64N6O8/c1-41-25-29-49(43(3)37-41)59-66-60(50-30-26-42(2)38-44(50)4)68-62(67-59)52-32-28-48(40-54(52)70)74-34-36-76-56(72)24-18-10-8-6-5-7-9-17-23-55(71)75-35-33-73-47-27-31-51(53(69)39-47)61-64-57(45-19-13-11-14-20-45)63-58(65-61)46-21-15-12-16-22-46/h11-16,19-22,25-32,37-40,69-70H,5-10,17-18,23-24,33-36H2,1-4H3. The van der Waals surface area contributed by atoms with Crippen LogP contribution in [0, 0.1) is 27.7 Å². The van der Waals surface area contributed by atoms with Gasteiger partial charge in [0.2, 0.25) is 0 Å². The highest BCUT2D eigenvalue weighted by Crippen LogP contribution is 2.35. The molecule has 76 heavy (non-hydrogen) atoms. The van der Waals surface area contributed by atoms with Crippen LogP contribution in [0.25, 0.3) is 68.3 Å². The van der Waals surface area contributed by atoms with Gasteiger partial charge in [-0.1, -0.05) is 147 Å². The minimum Gasteiger partial charge on any atom is -0.507 e. The van der Waals surface area contributed by atoms with Crippen molar-refractivity contribution in [2.24, 2.45) is 0 Å². The smallest absolute Gasteiger partial charge is 0.305 e. The number of phenols is 2. The Bertz CT molecular complexity index is 3120. The van der Waals surface area contributed by atoms with E-state index in [1.165, 1.54) is 12.1 Å². The Balaban J connectivity index is 0.673. The topological polar surface area (TPSA) is 189 Å². The number of aromatic nitrogens is 6. The molecular formula is C62H64N6O8. The number of unbranched alkanes of at least 4 members (excludes halogenated alkanes) is 7. The van der Waals surface area contributed by atoms with Crippen molar-refractivity contribution in [3.05, 3.63) is 156 Å². The number of carbonyl (C=O) groups excluding carboxylic acids is 2. The molecule has 0 unspecified atom stereocenters. The number of nitrogens with zero attached hydrogens (tertiary/aromatic N) is 6. The lowest BCUT2D eigenvalue weighted by atomic mass is 10.0. The van der Waals surface area contributed by atoms with Crippen molar-refractivity contribution >= 4 is 11.9 Å². The molecule has 0 spiro atoms. The SMILES string of the molecule is Cc1ccc(-c2nc(-c3ccc(C)cc3C)nc(-c3ccc(OCCOC(=O)CCCCCCCCCCC(=O)OCCOc4ccc(-c5nc(-c6ccccc6)nc(-c6ccccc6)n5)c(O)c4)cc3O)n2)c(C)c1. The summed E-state index contributed by atoms with van der Waals surface area (Å²) in [6, 6.07) is 41.4. The first-order valence-corrected chi connectivity index (χ1v) is 26.0. The Morgan fingerprint density at radius 2 is 0.724 bits per heavy atom. The van der Waals surface area contributed by atoms with Gasteiger partial charge >= 0.3 is 11.9 Å². The number of aryl methyl sites for hydroxylation is 4. The number of aromatic hydroxyl groups is 2. The molecule has 0 radical (unpaired) electrons. The lowest BCUT2D eigenvalue weighted by Gasteiger charge is -2.13. The molecule has 14 nitrogen and oxygen atoms in total. The van der Waals surface area contributed by atoms with Gasteiger partial charge in [0.25, 0.3) is 0 Å². The van der Waals surface area contributed by atoms with Crippen molar-refractivity contribution in [3.63, 3.8) is 0 Å². The second-order valence-electron chi connectivity index (χ2n) is 18.8. The molecule has 8 aromatic rings. The highest BCUT2D eigenvalue weighted by molar-refractivity contribution is 5.74. The molecule has 0 saturated carbocycles. The highest BCUT2D eigenvalue weighted by Gasteiger charge is 2.19. The molecule has 0 bridgehead atoms. The quantitative estimate of drug-likeness (QED) is 0.0406. The Kier molecular flexibility index (Phi) is 18.8. The zero-order valence-corrected chi connectivity index (χ0v) is 43.6. The fraction of sp³-hybridized carbons (Fsp3) is 0.290. The molecule has 390 valence electrons. The molecular weight excluding hydrogens is 957 g/mol. The molecule has 2 N–H and O–H groups in total. The number of esters is 2. The molecule has 0 aliphatic carbocycles. The maximum atomic E-state index is 12.4. The molecule has 0 atom stereocenters. The van der Waals surface area contributed by atoms with Gasteiger partial charge in [0.15, 0.2) is 34.9 Å². The van der Waals surface area contributed by atoms with Gasteiger partial charge in [-0.05, 0) is 75.9 Å². The third kappa shape index (κ3) is 15.1. The molecule has 14 heteroatoms. The number of hydrogen-bond acceptors (Lipinski definition) is 14. The summed E-state index contributed by atoms with van der Waals surface area (Å²) < 4.78 is 22.4. The van der Waals surface area contributed by atoms with Crippen LogP contribution >= 0.6 is 0 Å². The lowest BCUT2D eigenvalue weighted by molar-refractivity contribution is -0.145. The third-order valence-electron chi connectivity index (χ3n) is 12.7. The first-order valence-electron chi connectivity index (χ1n) is 26.0. The van der Waals surface area contributed by atoms with Gasteiger partial charge in [0.1, 0.15) is 49.4 Å². The number of carbonyl (C=O) groups is 2. The number of hydrogen-bond donors (Lipinski definition) is 2. The maximum Gasteiger partial charge on any atom is 0.305 e. The number of ether oxygens (including phenoxy) is 4. The number of phenolic OH excluding ortho intramolecular Hbond substituents is 2. The van der Waals surface area contributed by atoms with Gasteiger partial charge in [0, 0.05) is 47.2 Å². The summed E-state index contributed by atoms with van der Waals surface area (Å²) in [7, 11) is 0. The van der Waals surface area contributed by atoms with Crippen LogP contribution in [0.3, 0.4) is 0 Å². The van der Waals surface area contributed by atoms with E-state index in [9.17, 15) is 19.8 Å². The summed E-state index contributed by atoms with van der Waals surface area (Å²) in [5.41, 5.74) is 8.66. The summed E-state index contributed by atoms with van der Waals surface area (Å²) in [6.07, 6.45) is 8.18. The Hall–Kier alpha value is -8.52. The van der Waals surface area contributed by atoms with Gasteiger partial charge in [-0.3, -0.25) is 9.59 Å². The number of benzene rings is 6. The molecule has 6 aromatic carbocycles. The normalized spacial score (nSPS) is 11.1. The summed E-state index contributed by atoms with van der Waals surface area (Å²) in [5.74, 6) is 2.90. The third-order valence-corrected chi connectivity index (χ3v) is 12.7. The first kappa shape index (κ1) is 53.8. The van der Waals surface area contributed by atoms with Crippen LogP contribution < -0.4 is 9.47 Å². The van der Waals surface area contributed by atoms with Gasteiger partial charge in [-0.25, -0.2) is 29.9 Å². The van der Waals surface area contributed by atoms with E-state index in [0.29, 0.717) is 70.4 Å². The van der Waals surface area contributed by atoms with Gasteiger partial charge < -0.3 is 29.2 Å². The molecule has 0 saturated heterocycles. The molecule has 2 heterocycles. The summed E-state index contributed by atoms with van der Waals surface area (Å²) in [5, 5.41) is 22.2. The van der Waals surface area contributed by atoms with Crippen molar-refractivity contribution in [1.29, 1.82) is 0 Å². The lowest BCUT2D eigenvalue weighted by Crippen LogP contribution is -2.12. The van der Waals surface area contributed by atoms with Crippen LogP contribution in [0.15, 0.2) is 133 Å². The van der Waals surface area contributed by atoms with Crippen molar-refractivity contribution in [2.45, 2.75) is 91.9 Å². The Morgan fingerprint density at radius 3 is 1.11 bits per heavy atom. The second-order valence-corrected chi connectivity index (χ2v) is 18.8.